The fourth-order valence-electron chi connectivity index (χ4n) is 1.76. The van der Waals surface area contributed by atoms with E-state index in [2.05, 4.69) is 10.3 Å². The minimum absolute atomic E-state index is 0.142. The van der Waals surface area contributed by atoms with Crippen LogP contribution in [-0.4, -0.2) is 22.6 Å². The van der Waals surface area contributed by atoms with E-state index in [4.69, 9.17) is 23.2 Å². The van der Waals surface area contributed by atoms with Crippen molar-refractivity contribution in [3.8, 4) is 0 Å². The molecule has 1 atom stereocenters. The van der Waals surface area contributed by atoms with Crippen molar-refractivity contribution in [2.75, 3.05) is 6.61 Å². The van der Waals surface area contributed by atoms with Crippen LogP contribution >= 0.6 is 23.2 Å². The third-order valence-electron chi connectivity index (χ3n) is 2.71. The molecule has 0 radical (unpaired) electrons. The number of carbonyl (C=O) groups excluding carboxylic acids is 1. The summed E-state index contributed by atoms with van der Waals surface area (Å²) in [5.41, 5.74) is 1.11. The summed E-state index contributed by atoms with van der Waals surface area (Å²) >= 11 is 11.5. The predicted octanol–water partition coefficient (Wildman–Crippen LogP) is 2.85. The van der Waals surface area contributed by atoms with Gasteiger partial charge in [0.25, 0.3) is 5.91 Å². The molecule has 2 aromatic rings. The molecular weight excluding hydrogens is 299 g/mol. The van der Waals surface area contributed by atoms with Crippen LogP contribution < -0.4 is 5.32 Å². The van der Waals surface area contributed by atoms with Crippen LogP contribution in [0.4, 0.5) is 0 Å². The first-order valence-corrected chi connectivity index (χ1v) is 6.65. The summed E-state index contributed by atoms with van der Waals surface area (Å²) in [6.45, 7) is -0.206. The first kappa shape index (κ1) is 14.8. The Kier molecular flexibility index (Phi) is 4.95. The van der Waals surface area contributed by atoms with Crippen molar-refractivity contribution >= 4 is 29.1 Å². The molecule has 0 aliphatic carbocycles. The summed E-state index contributed by atoms with van der Waals surface area (Å²) in [5.74, 6) is -0.376. The average molecular weight is 311 g/mol. The van der Waals surface area contributed by atoms with Crippen LogP contribution in [0.2, 0.25) is 10.3 Å². The number of nitrogens with one attached hydrogen (secondary N) is 1. The highest BCUT2D eigenvalue weighted by atomic mass is 35.5. The molecule has 1 aromatic carbocycles. The van der Waals surface area contributed by atoms with Crippen LogP contribution in [0.25, 0.3) is 0 Å². The molecule has 0 saturated carbocycles. The Morgan fingerprint density at radius 2 is 1.80 bits per heavy atom. The van der Waals surface area contributed by atoms with Crippen LogP contribution in [0.5, 0.6) is 0 Å². The summed E-state index contributed by atoms with van der Waals surface area (Å²) in [7, 11) is 0. The molecule has 0 aliphatic rings. The van der Waals surface area contributed by atoms with E-state index in [0.717, 1.165) is 5.56 Å². The Labute approximate surface area is 126 Å². The number of hydrogen-bond acceptors (Lipinski definition) is 3. The summed E-state index contributed by atoms with van der Waals surface area (Å²) in [6.07, 6.45) is 0. The Morgan fingerprint density at radius 1 is 1.20 bits per heavy atom. The molecule has 0 saturated heterocycles. The number of hydrogen-bond donors (Lipinski definition) is 2. The molecule has 0 fully saturated rings. The van der Waals surface area contributed by atoms with Crippen molar-refractivity contribution in [2.45, 2.75) is 6.04 Å². The standard InChI is InChI=1S/C14H12Cl2N2O2/c15-12-6-10(7-13(16)18-12)14(20)17-11(8-19)9-4-2-1-3-5-9/h1-7,11,19H,8H2,(H,17,20)/t11-/m0/s1. The quantitative estimate of drug-likeness (QED) is 0.854. The van der Waals surface area contributed by atoms with Gasteiger partial charge >= 0.3 is 0 Å². The first-order chi connectivity index (χ1) is 9.60. The van der Waals surface area contributed by atoms with Gasteiger partial charge in [-0.15, -0.1) is 0 Å². The lowest BCUT2D eigenvalue weighted by molar-refractivity contribution is 0.0916. The van der Waals surface area contributed by atoms with Gasteiger partial charge in [0, 0.05) is 5.56 Å². The van der Waals surface area contributed by atoms with Crippen molar-refractivity contribution in [2.24, 2.45) is 0 Å². The number of carbonyl (C=O) groups is 1. The molecule has 6 heteroatoms. The maximum atomic E-state index is 12.1. The molecule has 0 bridgehead atoms. The minimum atomic E-state index is -0.491. The molecule has 1 heterocycles. The Bertz CT molecular complexity index is 585. The molecule has 1 amide bonds. The third kappa shape index (κ3) is 3.70. The number of aliphatic hydroxyl groups is 1. The van der Waals surface area contributed by atoms with Gasteiger partial charge in [-0.3, -0.25) is 4.79 Å². The number of benzene rings is 1. The monoisotopic (exact) mass is 310 g/mol. The molecule has 2 N–H and O–H groups in total. The predicted molar refractivity (Wildman–Crippen MR) is 78.0 cm³/mol. The SMILES string of the molecule is O=C(N[C@@H](CO)c1ccccc1)c1cc(Cl)nc(Cl)c1. The second-order valence-corrected chi connectivity index (χ2v) is 4.90. The second-order valence-electron chi connectivity index (χ2n) is 4.12. The van der Waals surface area contributed by atoms with Gasteiger partial charge in [0.1, 0.15) is 10.3 Å². The first-order valence-electron chi connectivity index (χ1n) is 5.90. The number of pyridine rings is 1. The molecule has 0 unspecified atom stereocenters. The third-order valence-corrected chi connectivity index (χ3v) is 3.10. The number of rotatable bonds is 4. The van der Waals surface area contributed by atoms with Crippen molar-refractivity contribution in [3.05, 3.63) is 63.9 Å². The number of aromatic nitrogens is 1. The molecule has 20 heavy (non-hydrogen) atoms. The highest BCUT2D eigenvalue weighted by molar-refractivity contribution is 6.33. The smallest absolute Gasteiger partial charge is 0.252 e. The lowest BCUT2D eigenvalue weighted by Gasteiger charge is -2.16. The fourth-order valence-corrected chi connectivity index (χ4v) is 2.22. The molecule has 104 valence electrons. The Morgan fingerprint density at radius 3 is 2.35 bits per heavy atom. The summed E-state index contributed by atoms with van der Waals surface area (Å²) in [6, 6.07) is 11.5. The maximum absolute atomic E-state index is 12.1. The fraction of sp³-hybridized carbons (Fsp3) is 0.143. The topological polar surface area (TPSA) is 62.2 Å². The van der Waals surface area contributed by atoms with Gasteiger partial charge in [-0.2, -0.15) is 0 Å². The van der Waals surface area contributed by atoms with Gasteiger partial charge in [0.15, 0.2) is 0 Å². The van der Waals surface area contributed by atoms with E-state index in [1.54, 1.807) is 0 Å². The van der Waals surface area contributed by atoms with E-state index in [-0.39, 0.29) is 22.8 Å². The van der Waals surface area contributed by atoms with Crippen LogP contribution in [0.15, 0.2) is 42.5 Å². The van der Waals surface area contributed by atoms with Crippen molar-refractivity contribution in [1.29, 1.82) is 0 Å². The van der Waals surface area contributed by atoms with E-state index in [0.29, 0.717) is 5.56 Å². The van der Waals surface area contributed by atoms with Gasteiger partial charge in [0.2, 0.25) is 0 Å². The number of halogens is 2. The zero-order valence-electron chi connectivity index (χ0n) is 10.4. The maximum Gasteiger partial charge on any atom is 0.252 e. The molecule has 0 aliphatic heterocycles. The van der Waals surface area contributed by atoms with Crippen molar-refractivity contribution in [1.82, 2.24) is 10.3 Å². The van der Waals surface area contributed by atoms with Crippen LogP contribution in [-0.2, 0) is 0 Å². The number of aliphatic hydroxyl groups excluding tert-OH is 1. The van der Waals surface area contributed by atoms with Gasteiger partial charge < -0.3 is 10.4 Å². The minimum Gasteiger partial charge on any atom is -0.394 e. The molecular formula is C14H12Cl2N2O2. The molecule has 0 spiro atoms. The largest absolute Gasteiger partial charge is 0.394 e. The normalized spacial score (nSPS) is 11.9. The number of nitrogens with zero attached hydrogens (tertiary/aromatic N) is 1. The highest BCUT2D eigenvalue weighted by Crippen LogP contribution is 2.17. The zero-order chi connectivity index (χ0) is 14.5. The van der Waals surface area contributed by atoms with E-state index in [1.165, 1.54) is 12.1 Å². The molecule has 2 rings (SSSR count). The van der Waals surface area contributed by atoms with Gasteiger partial charge in [-0.1, -0.05) is 53.5 Å². The van der Waals surface area contributed by atoms with Gasteiger partial charge in [0.05, 0.1) is 12.6 Å². The van der Waals surface area contributed by atoms with Crippen LogP contribution in [0, 0.1) is 0 Å². The van der Waals surface area contributed by atoms with E-state index in [9.17, 15) is 9.90 Å². The van der Waals surface area contributed by atoms with E-state index in [1.807, 2.05) is 30.3 Å². The number of amides is 1. The summed E-state index contributed by atoms with van der Waals surface area (Å²) < 4.78 is 0. The van der Waals surface area contributed by atoms with Gasteiger partial charge in [-0.05, 0) is 17.7 Å². The molecule has 4 nitrogen and oxygen atoms in total. The lowest BCUT2D eigenvalue weighted by atomic mass is 10.1. The summed E-state index contributed by atoms with van der Waals surface area (Å²) in [5, 5.41) is 12.4. The highest BCUT2D eigenvalue weighted by Gasteiger charge is 2.15. The second kappa shape index (κ2) is 6.70. The van der Waals surface area contributed by atoms with Crippen LogP contribution in [0.1, 0.15) is 22.0 Å². The Hall–Kier alpha value is -1.62. The van der Waals surface area contributed by atoms with Crippen LogP contribution in [0.3, 0.4) is 0 Å². The Balaban J connectivity index is 2.17. The average Bonchev–Trinajstić information content (AvgIpc) is 2.44. The molecule has 1 aromatic heterocycles. The zero-order valence-corrected chi connectivity index (χ0v) is 11.9. The van der Waals surface area contributed by atoms with E-state index >= 15 is 0 Å². The van der Waals surface area contributed by atoms with Crippen molar-refractivity contribution in [3.63, 3.8) is 0 Å². The van der Waals surface area contributed by atoms with Crippen molar-refractivity contribution < 1.29 is 9.90 Å². The lowest BCUT2D eigenvalue weighted by Crippen LogP contribution is -2.30. The summed E-state index contributed by atoms with van der Waals surface area (Å²) in [4.78, 5) is 15.9. The van der Waals surface area contributed by atoms with E-state index < -0.39 is 6.04 Å². The van der Waals surface area contributed by atoms with Gasteiger partial charge in [-0.25, -0.2) is 4.98 Å².